The van der Waals surface area contributed by atoms with E-state index in [2.05, 4.69) is 27.2 Å². The summed E-state index contributed by atoms with van der Waals surface area (Å²) in [5.74, 6) is -0.102. The predicted octanol–water partition coefficient (Wildman–Crippen LogP) is 3.10. The van der Waals surface area contributed by atoms with Crippen molar-refractivity contribution in [3.05, 3.63) is 65.5 Å². The average molecular weight is 464 g/mol. The molecule has 178 valence electrons. The second-order valence-corrected chi connectivity index (χ2v) is 9.50. The van der Waals surface area contributed by atoms with Gasteiger partial charge in [0.25, 0.3) is 0 Å². The summed E-state index contributed by atoms with van der Waals surface area (Å²) in [6.07, 6.45) is 6.82. The molecule has 1 saturated heterocycles. The molecule has 0 saturated carbocycles. The van der Waals surface area contributed by atoms with Gasteiger partial charge in [0, 0.05) is 43.9 Å². The average Bonchev–Trinajstić information content (AvgIpc) is 3.23. The lowest BCUT2D eigenvalue weighted by molar-refractivity contribution is -0.141. The van der Waals surface area contributed by atoms with E-state index in [9.17, 15) is 9.18 Å². The molecule has 8 nitrogen and oxygen atoms in total. The van der Waals surface area contributed by atoms with Gasteiger partial charge in [0.05, 0.1) is 24.1 Å². The number of amides is 1. The number of hydrogen-bond donors (Lipinski definition) is 1. The molecule has 1 aromatic carbocycles. The summed E-state index contributed by atoms with van der Waals surface area (Å²) in [6.45, 7) is 3.98. The van der Waals surface area contributed by atoms with Crippen molar-refractivity contribution in [2.45, 2.75) is 38.3 Å². The van der Waals surface area contributed by atoms with Crippen LogP contribution >= 0.6 is 0 Å². The molecule has 0 radical (unpaired) electrons. The first-order chi connectivity index (χ1) is 16.4. The largest absolute Gasteiger partial charge is 0.333 e. The van der Waals surface area contributed by atoms with Crippen LogP contribution in [-0.4, -0.2) is 61.6 Å². The van der Waals surface area contributed by atoms with Crippen LogP contribution in [0.25, 0.3) is 0 Å². The molecule has 0 bridgehead atoms. The summed E-state index contributed by atoms with van der Waals surface area (Å²) in [5, 5.41) is 7.33. The Kier molecular flexibility index (Phi) is 6.03. The minimum Gasteiger partial charge on any atom is -0.333 e. The number of carbonyl (C=O) groups is 1. The van der Waals surface area contributed by atoms with Crippen molar-refractivity contribution in [2.24, 2.45) is 13.0 Å². The third-order valence-electron chi connectivity index (χ3n) is 7.00. The highest BCUT2D eigenvalue weighted by Gasteiger charge is 2.40. The van der Waals surface area contributed by atoms with Gasteiger partial charge in [0.2, 0.25) is 11.9 Å². The van der Waals surface area contributed by atoms with Crippen LogP contribution in [0.5, 0.6) is 0 Å². The van der Waals surface area contributed by atoms with Gasteiger partial charge in [0.1, 0.15) is 5.82 Å². The molecule has 2 aliphatic heterocycles. The molecule has 4 heterocycles. The molecule has 1 fully saturated rings. The van der Waals surface area contributed by atoms with E-state index >= 15 is 0 Å². The molecule has 9 heteroatoms. The monoisotopic (exact) mass is 463 g/mol. The van der Waals surface area contributed by atoms with E-state index in [0.29, 0.717) is 37.4 Å². The normalized spacial score (nSPS) is 22.9. The number of likely N-dealkylation sites (N-methyl/N-ethyl adjacent to an activating group) is 1. The van der Waals surface area contributed by atoms with Crippen molar-refractivity contribution < 1.29 is 9.18 Å². The topological polar surface area (TPSA) is 79.2 Å². The number of rotatable bonds is 4. The highest BCUT2D eigenvalue weighted by molar-refractivity contribution is 5.81. The second-order valence-electron chi connectivity index (χ2n) is 9.50. The maximum absolute atomic E-state index is 14.7. The Hall–Kier alpha value is -3.33. The molecule has 1 N–H and O–H groups in total. The van der Waals surface area contributed by atoms with E-state index in [0.717, 1.165) is 23.5 Å². The number of anilines is 2. The van der Waals surface area contributed by atoms with Gasteiger partial charge in [-0.25, -0.2) is 14.4 Å². The fourth-order valence-electron chi connectivity index (χ4n) is 5.18. The quantitative estimate of drug-likeness (QED) is 0.641. The van der Waals surface area contributed by atoms with Gasteiger partial charge in [-0.2, -0.15) is 5.10 Å². The zero-order chi connectivity index (χ0) is 23.8. The van der Waals surface area contributed by atoms with Crippen LogP contribution in [0.2, 0.25) is 0 Å². The van der Waals surface area contributed by atoms with Gasteiger partial charge in [-0.05, 0) is 50.6 Å². The summed E-state index contributed by atoms with van der Waals surface area (Å²) < 4.78 is 16.4. The Bertz CT molecular complexity index is 1200. The van der Waals surface area contributed by atoms with Gasteiger partial charge in [0.15, 0.2) is 0 Å². The highest BCUT2D eigenvalue weighted by Crippen LogP contribution is 2.36. The van der Waals surface area contributed by atoms with Crippen molar-refractivity contribution in [2.75, 3.05) is 25.5 Å². The Balaban J connectivity index is 1.39. The molecule has 2 aromatic heterocycles. The molecule has 0 unspecified atom stereocenters. The minimum absolute atomic E-state index is 0.0293. The Morgan fingerprint density at radius 3 is 2.79 bits per heavy atom. The number of carbonyl (C=O) groups excluding carboxylic acids is 1. The van der Waals surface area contributed by atoms with Crippen LogP contribution in [0.15, 0.2) is 42.9 Å². The Morgan fingerprint density at radius 1 is 1.21 bits per heavy atom. The molecular formula is C25H30FN7O. The molecule has 34 heavy (non-hydrogen) atoms. The van der Waals surface area contributed by atoms with E-state index < -0.39 is 0 Å². The number of hydrogen-bond acceptors (Lipinski definition) is 6. The summed E-state index contributed by atoms with van der Waals surface area (Å²) >= 11 is 0. The molecular weight excluding hydrogens is 433 g/mol. The highest BCUT2D eigenvalue weighted by atomic mass is 19.1. The number of likely N-dealkylation sites (tertiary alicyclic amines) is 1. The van der Waals surface area contributed by atoms with Crippen molar-refractivity contribution in [3.63, 3.8) is 0 Å². The summed E-state index contributed by atoms with van der Waals surface area (Å²) in [7, 11) is 3.88. The Labute approximate surface area is 198 Å². The number of aryl methyl sites for hydroxylation is 1. The van der Waals surface area contributed by atoms with Crippen LogP contribution in [0.3, 0.4) is 0 Å². The summed E-state index contributed by atoms with van der Waals surface area (Å²) in [4.78, 5) is 27.1. The van der Waals surface area contributed by atoms with Crippen LogP contribution in [0.1, 0.15) is 36.1 Å². The van der Waals surface area contributed by atoms with E-state index in [1.807, 2.05) is 43.5 Å². The maximum atomic E-state index is 14.7. The number of benzene rings is 1. The maximum Gasteiger partial charge on any atom is 0.227 e. The first kappa shape index (κ1) is 22.5. The Morgan fingerprint density at radius 2 is 2.03 bits per heavy atom. The molecule has 0 aliphatic carbocycles. The van der Waals surface area contributed by atoms with E-state index in [-0.39, 0.29) is 29.6 Å². The third-order valence-corrected chi connectivity index (χ3v) is 7.00. The van der Waals surface area contributed by atoms with Gasteiger partial charge in [-0.3, -0.25) is 9.48 Å². The number of nitrogens with one attached hydrogen (secondary N) is 1. The third kappa shape index (κ3) is 4.40. The standard InChI is InChI=1S/C25H30FN7O/c1-16-10-17-11-27-25(29-18-12-28-32(3)13-18)30-23(17)15-33(16)24(34)20-8-9-31(2)14-21(20)19-6-4-5-7-22(19)26/h4-7,11-13,16,20-21H,8-10,14-15H2,1-3H3,(H,27,29,30)/t16-,20+,21-/m1/s1. The van der Waals surface area contributed by atoms with E-state index in [1.54, 1.807) is 16.9 Å². The van der Waals surface area contributed by atoms with E-state index in [4.69, 9.17) is 4.98 Å². The lowest BCUT2D eigenvalue weighted by Gasteiger charge is -2.42. The molecule has 3 atom stereocenters. The smallest absolute Gasteiger partial charge is 0.227 e. The van der Waals surface area contributed by atoms with Crippen molar-refractivity contribution in [1.82, 2.24) is 29.5 Å². The second kappa shape index (κ2) is 9.13. The first-order valence-corrected chi connectivity index (χ1v) is 11.7. The molecule has 3 aromatic rings. The fraction of sp³-hybridized carbons (Fsp3) is 0.440. The van der Waals surface area contributed by atoms with E-state index in [1.165, 1.54) is 6.07 Å². The fourth-order valence-corrected chi connectivity index (χ4v) is 5.18. The summed E-state index contributed by atoms with van der Waals surface area (Å²) in [6, 6.07) is 6.88. The van der Waals surface area contributed by atoms with Gasteiger partial charge in [-0.15, -0.1) is 0 Å². The summed E-state index contributed by atoms with van der Waals surface area (Å²) in [5.41, 5.74) is 3.34. The van der Waals surface area contributed by atoms with Crippen molar-refractivity contribution in [3.8, 4) is 0 Å². The van der Waals surface area contributed by atoms with Gasteiger partial charge in [-0.1, -0.05) is 18.2 Å². The number of nitrogens with zero attached hydrogens (tertiary/aromatic N) is 6. The number of piperidine rings is 1. The predicted molar refractivity (Wildman–Crippen MR) is 127 cm³/mol. The number of halogens is 1. The van der Waals surface area contributed by atoms with Crippen LogP contribution in [0.4, 0.5) is 16.0 Å². The van der Waals surface area contributed by atoms with Crippen molar-refractivity contribution >= 4 is 17.5 Å². The lowest BCUT2D eigenvalue weighted by Crippen LogP contribution is -2.50. The minimum atomic E-state index is -0.257. The van der Waals surface area contributed by atoms with Crippen LogP contribution in [0, 0.1) is 11.7 Å². The van der Waals surface area contributed by atoms with Gasteiger partial charge >= 0.3 is 0 Å². The number of fused-ring (bicyclic) bond motifs is 1. The SMILES string of the molecule is C[C@@H]1Cc2cnc(Nc3cnn(C)c3)nc2CN1C(=O)[C@H]1CCN(C)C[C@@H]1c1ccccc1F. The van der Waals surface area contributed by atoms with Gasteiger partial charge < -0.3 is 15.1 Å². The van der Waals surface area contributed by atoms with Crippen LogP contribution < -0.4 is 5.32 Å². The molecule has 5 rings (SSSR count). The zero-order valence-corrected chi connectivity index (χ0v) is 19.8. The lowest BCUT2D eigenvalue weighted by atomic mass is 9.79. The van der Waals surface area contributed by atoms with Crippen molar-refractivity contribution in [1.29, 1.82) is 0 Å². The number of aromatic nitrogens is 4. The molecule has 2 aliphatic rings. The first-order valence-electron chi connectivity index (χ1n) is 11.7. The van der Waals surface area contributed by atoms with Crippen LogP contribution in [-0.2, 0) is 24.8 Å². The zero-order valence-electron chi connectivity index (χ0n) is 19.8. The molecule has 0 spiro atoms. The molecule has 1 amide bonds.